The summed E-state index contributed by atoms with van der Waals surface area (Å²) in [5.41, 5.74) is 2.36. The van der Waals surface area contributed by atoms with Crippen LogP contribution in [0.1, 0.15) is 31.1 Å². The van der Waals surface area contributed by atoms with Crippen molar-refractivity contribution in [2.75, 3.05) is 0 Å². The predicted octanol–water partition coefficient (Wildman–Crippen LogP) is 4.54. The molecule has 0 aliphatic heterocycles. The second-order valence-electron chi connectivity index (χ2n) is 8.12. The maximum absolute atomic E-state index is 12.7. The van der Waals surface area contributed by atoms with Crippen LogP contribution in [0.3, 0.4) is 0 Å². The average Bonchev–Trinajstić information content (AvgIpc) is 3.40. The molecular weight excluding hydrogens is 460 g/mol. The summed E-state index contributed by atoms with van der Waals surface area (Å²) in [5, 5.41) is 16.8. The molecule has 4 rings (SSSR count). The van der Waals surface area contributed by atoms with Crippen molar-refractivity contribution in [3.8, 4) is 28.6 Å². The molecule has 0 aliphatic carbocycles. The fraction of sp³-hybridized carbons (Fsp3) is 0.250. The standard InChI is InChI=1S/C24H23ClN4O5/c1-12(2)33-19-9-8-14(10-18(19)25)23-27-21(28-34-23)16-7-5-6-15-17(11-29(4)20(15)16)22(30)26-13(3)24(31)32/h5-13H,1-4H3,(H,26,30)(H,31,32)/t13-/m0/s1. The SMILES string of the molecule is CC(C)Oc1ccc(-c2nc(-c3cccc4c(C(=O)N[C@@H](C)C(=O)O)cn(C)c34)no2)cc1Cl. The topological polar surface area (TPSA) is 119 Å². The summed E-state index contributed by atoms with van der Waals surface area (Å²) < 4.78 is 12.9. The number of carbonyl (C=O) groups is 2. The number of carboxylic acid groups (broad SMARTS) is 1. The molecule has 0 saturated heterocycles. The van der Waals surface area contributed by atoms with E-state index in [0.717, 1.165) is 0 Å². The van der Waals surface area contributed by atoms with E-state index in [1.165, 1.54) is 6.92 Å². The summed E-state index contributed by atoms with van der Waals surface area (Å²) in [7, 11) is 1.79. The first-order valence-corrected chi connectivity index (χ1v) is 11.0. The van der Waals surface area contributed by atoms with E-state index in [1.54, 1.807) is 48.1 Å². The summed E-state index contributed by atoms with van der Waals surface area (Å²) in [6.07, 6.45) is 1.63. The molecule has 0 aliphatic rings. The minimum absolute atomic E-state index is 0.0107. The van der Waals surface area contributed by atoms with Gasteiger partial charge >= 0.3 is 5.97 Å². The monoisotopic (exact) mass is 482 g/mol. The molecule has 0 fully saturated rings. The summed E-state index contributed by atoms with van der Waals surface area (Å²) in [4.78, 5) is 28.3. The number of rotatable bonds is 7. The number of amides is 1. The van der Waals surface area contributed by atoms with Crippen molar-refractivity contribution < 1.29 is 24.0 Å². The predicted molar refractivity (Wildman–Crippen MR) is 127 cm³/mol. The Morgan fingerprint density at radius 3 is 2.65 bits per heavy atom. The highest BCUT2D eigenvalue weighted by atomic mass is 35.5. The molecule has 9 nitrogen and oxygen atoms in total. The smallest absolute Gasteiger partial charge is 0.325 e. The Morgan fingerprint density at radius 2 is 1.97 bits per heavy atom. The fourth-order valence-electron chi connectivity index (χ4n) is 3.60. The van der Waals surface area contributed by atoms with E-state index in [4.69, 9.17) is 26.0 Å². The first kappa shape index (κ1) is 23.3. The Bertz CT molecular complexity index is 1390. The molecule has 2 heterocycles. The molecule has 1 amide bonds. The van der Waals surface area contributed by atoms with Gasteiger partial charge in [0.1, 0.15) is 11.8 Å². The van der Waals surface area contributed by atoms with Crippen molar-refractivity contribution >= 4 is 34.4 Å². The first-order chi connectivity index (χ1) is 16.2. The number of aryl methyl sites for hydroxylation is 1. The van der Waals surface area contributed by atoms with Crippen LogP contribution < -0.4 is 10.1 Å². The van der Waals surface area contributed by atoms with Crippen LogP contribution in [0.4, 0.5) is 0 Å². The van der Waals surface area contributed by atoms with Crippen LogP contribution in [-0.2, 0) is 11.8 Å². The molecule has 10 heteroatoms. The third-order valence-electron chi connectivity index (χ3n) is 5.17. The minimum Gasteiger partial charge on any atom is -0.489 e. The molecule has 1 atom stereocenters. The van der Waals surface area contributed by atoms with Crippen molar-refractivity contribution in [3.05, 3.63) is 53.2 Å². The van der Waals surface area contributed by atoms with Gasteiger partial charge in [0, 0.05) is 29.8 Å². The quantitative estimate of drug-likeness (QED) is 0.397. The van der Waals surface area contributed by atoms with Crippen LogP contribution in [0.15, 0.2) is 47.1 Å². The Hall–Kier alpha value is -3.85. The third-order valence-corrected chi connectivity index (χ3v) is 5.47. The minimum atomic E-state index is -1.11. The maximum atomic E-state index is 12.7. The van der Waals surface area contributed by atoms with E-state index in [2.05, 4.69) is 15.5 Å². The van der Waals surface area contributed by atoms with Gasteiger partial charge in [0.15, 0.2) is 0 Å². The first-order valence-electron chi connectivity index (χ1n) is 10.6. The molecule has 2 aromatic carbocycles. The zero-order valence-corrected chi connectivity index (χ0v) is 19.8. The van der Waals surface area contributed by atoms with Crippen LogP contribution in [-0.4, -0.2) is 43.8 Å². The molecule has 0 bridgehead atoms. The Kier molecular flexibility index (Phi) is 6.30. The third kappa shape index (κ3) is 4.47. The highest BCUT2D eigenvalue weighted by molar-refractivity contribution is 6.32. The molecule has 0 spiro atoms. The molecule has 34 heavy (non-hydrogen) atoms. The van der Waals surface area contributed by atoms with Crippen LogP contribution in [0, 0.1) is 0 Å². The van der Waals surface area contributed by atoms with Crippen molar-refractivity contribution in [1.29, 1.82) is 0 Å². The number of carboxylic acids is 1. The van der Waals surface area contributed by atoms with E-state index >= 15 is 0 Å². The van der Waals surface area contributed by atoms with Gasteiger partial charge in [-0.3, -0.25) is 9.59 Å². The number of fused-ring (bicyclic) bond motifs is 1. The number of aliphatic carboxylic acids is 1. The average molecular weight is 483 g/mol. The van der Waals surface area contributed by atoms with Crippen molar-refractivity contribution in [2.45, 2.75) is 32.9 Å². The van der Waals surface area contributed by atoms with Gasteiger partial charge in [-0.1, -0.05) is 28.9 Å². The van der Waals surface area contributed by atoms with E-state index in [9.17, 15) is 9.59 Å². The van der Waals surface area contributed by atoms with Gasteiger partial charge in [0.25, 0.3) is 11.8 Å². The number of carbonyl (C=O) groups excluding carboxylic acids is 1. The van der Waals surface area contributed by atoms with Crippen molar-refractivity contribution in [3.63, 3.8) is 0 Å². The molecule has 0 saturated carbocycles. The number of para-hydroxylation sites is 1. The van der Waals surface area contributed by atoms with Crippen molar-refractivity contribution in [2.24, 2.45) is 7.05 Å². The van der Waals surface area contributed by atoms with Gasteiger partial charge in [0.2, 0.25) is 5.82 Å². The lowest BCUT2D eigenvalue weighted by Gasteiger charge is -2.11. The molecule has 176 valence electrons. The maximum Gasteiger partial charge on any atom is 0.325 e. The highest BCUT2D eigenvalue weighted by Crippen LogP contribution is 2.33. The number of aromatic nitrogens is 3. The summed E-state index contributed by atoms with van der Waals surface area (Å²) in [6, 6.07) is 9.61. The molecule has 0 unspecified atom stereocenters. The number of benzene rings is 2. The van der Waals surface area contributed by atoms with Crippen LogP contribution in [0.25, 0.3) is 33.7 Å². The lowest BCUT2D eigenvalue weighted by atomic mass is 10.1. The number of hydrogen-bond donors (Lipinski definition) is 2. The number of halogens is 1. The number of nitrogens with one attached hydrogen (secondary N) is 1. The second kappa shape index (κ2) is 9.18. The van der Waals surface area contributed by atoms with Gasteiger partial charge in [-0.05, 0) is 45.0 Å². The second-order valence-corrected chi connectivity index (χ2v) is 8.53. The van der Waals surface area contributed by atoms with Gasteiger partial charge in [-0.25, -0.2) is 0 Å². The Labute approximate surface area is 200 Å². The van der Waals surface area contributed by atoms with Crippen LogP contribution in [0.5, 0.6) is 5.75 Å². The van der Waals surface area contributed by atoms with E-state index in [1.807, 2.05) is 19.9 Å². The van der Waals surface area contributed by atoms with Crippen LogP contribution in [0.2, 0.25) is 5.02 Å². The zero-order valence-electron chi connectivity index (χ0n) is 19.0. The van der Waals surface area contributed by atoms with Crippen LogP contribution >= 0.6 is 11.6 Å². The van der Waals surface area contributed by atoms with Gasteiger partial charge < -0.3 is 24.3 Å². The molecular formula is C24H23ClN4O5. The molecule has 2 aromatic heterocycles. The highest BCUT2D eigenvalue weighted by Gasteiger charge is 2.22. The zero-order chi connectivity index (χ0) is 24.6. The van der Waals surface area contributed by atoms with E-state index in [0.29, 0.717) is 44.2 Å². The summed E-state index contributed by atoms with van der Waals surface area (Å²) >= 11 is 6.34. The summed E-state index contributed by atoms with van der Waals surface area (Å²) in [5.74, 6) is -0.405. The molecule has 0 radical (unpaired) electrons. The number of ether oxygens (including phenoxy) is 1. The lowest BCUT2D eigenvalue weighted by molar-refractivity contribution is -0.138. The normalized spacial score (nSPS) is 12.2. The number of hydrogen-bond acceptors (Lipinski definition) is 6. The van der Waals surface area contributed by atoms with E-state index < -0.39 is 17.9 Å². The Morgan fingerprint density at radius 1 is 1.21 bits per heavy atom. The van der Waals surface area contributed by atoms with Gasteiger partial charge in [0.05, 0.1) is 22.2 Å². The van der Waals surface area contributed by atoms with E-state index in [-0.39, 0.29) is 12.0 Å². The molecule has 4 aromatic rings. The lowest BCUT2D eigenvalue weighted by Crippen LogP contribution is -2.38. The molecule has 2 N–H and O–H groups in total. The summed E-state index contributed by atoms with van der Waals surface area (Å²) in [6.45, 7) is 5.24. The largest absolute Gasteiger partial charge is 0.489 e. The van der Waals surface area contributed by atoms with Gasteiger partial charge in [-0.15, -0.1) is 0 Å². The van der Waals surface area contributed by atoms with Crippen molar-refractivity contribution in [1.82, 2.24) is 20.0 Å². The van der Waals surface area contributed by atoms with Gasteiger partial charge in [-0.2, -0.15) is 4.98 Å². The number of nitrogens with zero attached hydrogens (tertiary/aromatic N) is 3. The Balaban J connectivity index is 1.70. The fourth-order valence-corrected chi connectivity index (χ4v) is 3.82.